The summed E-state index contributed by atoms with van der Waals surface area (Å²) in [4.78, 5) is 13.0. The summed E-state index contributed by atoms with van der Waals surface area (Å²) in [6.07, 6.45) is 1.51. The van der Waals surface area contributed by atoms with Gasteiger partial charge in [-0.1, -0.05) is 44.0 Å². The normalized spacial score (nSPS) is 11.7. The van der Waals surface area contributed by atoms with E-state index in [1.807, 2.05) is 0 Å². The first-order valence-electron chi connectivity index (χ1n) is 5.85. The average Bonchev–Trinajstić information content (AvgIpc) is 2.31. The van der Waals surface area contributed by atoms with E-state index >= 15 is 0 Å². The van der Waals surface area contributed by atoms with Gasteiger partial charge in [0.2, 0.25) is 0 Å². The van der Waals surface area contributed by atoms with Crippen molar-refractivity contribution in [1.82, 2.24) is 15.0 Å². The van der Waals surface area contributed by atoms with Gasteiger partial charge in [0.05, 0.1) is 19.3 Å². The molecule has 0 aromatic carbocycles. The maximum Gasteiger partial charge on any atom is 0.182 e. The van der Waals surface area contributed by atoms with Gasteiger partial charge >= 0.3 is 0 Å². The molecule has 20 heavy (non-hydrogen) atoms. The van der Waals surface area contributed by atoms with Gasteiger partial charge in [0, 0.05) is 11.6 Å². The van der Waals surface area contributed by atoms with Crippen LogP contribution < -0.4 is 5.73 Å². The number of nitrogens with zero attached hydrogens (tertiary/aromatic N) is 3. The van der Waals surface area contributed by atoms with Gasteiger partial charge in [-0.2, -0.15) is 0 Å². The minimum absolute atomic E-state index is 0.152. The van der Waals surface area contributed by atoms with E-state index in [1.54, 1.807) is 6.07 Å². The van der Waals surface area contributed by atoms with E-state index in [1.165, 1.54) is 6.20 Å². The van der Waals surface area contributed by atoms with Crippen molar-refractivity contribution < 1.29 is 0 Å². The maximum absolute atomic E-state index is 6.15. The van der Waals surface area contributed by atoms with Crippen molar-refractivity contribution in [3.63, 3.8) is 0 Å². The predicted molar refractivity (Wildman–Crippen MR) is 91.1 cm³/mol. The molecule has 2 rings (SSSR count). The largest absolute Gasteiger partial charge is 0.383 e. The molecule has 0 aliphatic heterocycles. The molecule has 0 unspecified atom stereocenters. The minimum atomic E-state index is -0.152. The number of halogens is 3. The Morgan fingerprint density at radius 3 is 2.40 bits per heavy atom. The van der Waals surface area contributed by atoms with E-state index in [4.69, 9.17) is 28.9 Å². The molecule has 0 saturated carbocycles. The third-order valence-electron chi connectivity index (χ3n) is 2.61. The molecule has 0 radical (unpaired) electrons. The first-order chi connectivity index (χ1) is 9.20. The number of pyridine rings is 1. The number of anilines is 1. The highest BCUT2D eigenvalue weighted by Crippen LogP contribution is 2.32. The molecular formula is C13H13Cl2IN4. The molecule has 0 saturated heterocycles. The summed E-state index contributed by atoms with van der Waals surface area (Å²) in [6, 6.07) is 1.61. The summed E-state index contributed by atoms with van der Waals surface area (Å²) in [6.45, 7) is 6.20. The SMILES string of the molecule is CC(C)(C)c1nc(-c2ncc(Cl)cc2Cl)nc(N)c1I. The van der Waals surface area contributed by atoms with Crippen LogP contribution in [0, 0.1) is 3.57 Å². The Hall–Kier alpha value is -0.660. The molecule has 0 fully saturated rings. The molecule has 2 aromatic heterocycles. The van der Waals surface area contributed by atoms with Gasteiger partial charge in [-0.15, -0.1) is 0 Å². The molecule has 2 N–H and O–H groups in total. The number of nitrogens with two attached hydrogens (primary N) is 1. The average molecular weight is 423 g/mol. The van der Waals surface area contributed by atoms with Gasteiger partial charge in [0.25, 0.3) is 0 Å². The van der Waals surface area contributed by atoms with Crippen LogP contribution in [-0.2, 0) is 5.41 Å². The molecule has 106 valence electrons. The van der Waals surface area contributed by atoms with Crippen molar-refractivity contribution in [1.29, 1.82) is 0 Å². The molecule has 7 heteroatoms. The van der Waals surface area contributed by atoms with Crippen LogP contribution in [0.1, 0.15) is 26.5 Å². The predicted octanol–water partition coefficient (Wildman–Crippen LogP) is 4.33. The highest BCUT2D eigenvalue weighted by Gasteiger charge is 2.23. The molecule has 0 aliphatic carbocycles. The van der Waals surface area contributed by atoms with Gasteiger partial charge in [0.15, 0.2) is 5.82 Å². The van der Waals surface area contributed by atoms with E-state index in [-0.39, 0.29) is 5.41 Å². The fraction of sp³-hybridized carbons (Fsp3) is 0.308. The van der Waals surface area contributed by atoms with Crippen molar-refractivity contribution in [2.24, 2.45) is 0 Å². The van der Waals surface area contributed by atoms with Crippen LogP contribution >= 0.6 is 45.8 Å². The summed E-state index contributed by atoms with van der Waals surface area (Å²) in [7, 11) is 0. The third kappa shape index (κ3) is 3.15. The van der Waals surface area contributed by atoms with Crippen LogP contribution in [0.2, 0.25) is 10.0 Å². The monoisotopic (exact) mass is 422 g/mol. The van der Waals surface area contributed by atoms with E-state index in [9.17, 15) is 0 Å². The summed E-state index contributed by atoms with van der Waals surface area (Å²) >= 11 is 14.2. The summed E-state index contributed by atoms with van der Waals surface area (Å²) in [5.41, 5.74) is 7.17. The molecular weight excluding hydrogens is 410 g/mol. The minimum Gasteiger partial charge on any atom is -0.383 e. The Bertz CT molecular complexity index is 668. The zero-order valence-corrected chi connectivity index (χ0v) is 14.9. The van der Waals surface area contributed by atoms with Crippen molar-refractivity contribution in [2.75, 3.05) is 5.73 Å². The van der Waals surface area contributed by atoms with Crippen LogP contribution in [0.3, 0.4) is 0 Å². The highest BCUT2D eigenvalue weighted by atomic mass is 127. The number of hydrogen-bond acceptors (Lipinski definition) is 4. The van der Waals surface area contributed by atoms with Gasteiger partial charge < -0.3 is 5.73 Å². The molecule has 0 bridgehead atoms. The Morgan fingerprint density at radius 2 is 1.85 bits per heavy atom. The first-order valence-corrected chi connectivity index (χ1v) is 7.68. The third-order valence-corrected chi connectivity index (χ3v) is 4.17. The van der Waals surface area contributed by atoms with E-state index in [0.717, 1.165) is 9.26 Å². The standard InChI is InChI=1S/C13H13Cl2IN4/c1-13(2,3)10-8(16)11(17)20-12(19-10)9-7(15)4-6(14)5-18-9/h4-5H,1-3H3,(H2,17,19,20). The number of aromatic nitrogens is 3. The van der Waals surface area contributed by atoms with Gasteiger partial charge in [0.1, 0.15) is 11.5 Å². The van der Waals surface area contributed by atoms with Crippen molar-refractivity contribution >= 4 is 51.6 Å². The second-order valence-corrected chi connectivity index (χ2v) is 7.25. The van der Waals surface area contributed by atoms with Crippen LogP contribution in [0.4, 0.5) is 5.82 Å². The number of rotatable bonds is 1. The van der Waals surface area contributed by atoms with Crippen LogP contribution in [0.5, 0.6) is 0 Å². The fourth-order valence-electron chi connectivity index (χ4n) is 1.65. The van der Waals surface area contributed by atoms with Crippen molar-refractivity contribution in [3.05, 3.63) is 31.6 Å². The fourth-order valence-corrected chi connectivity index (χ4v) is 3.16. The molecule has 0 aliphatic rings. The lowest BCUT2D eigenvalue weighted by molar-refractivity contribution is 0.564. The van der Waals surface area contributed by atoms with Gasteiger partial charge in [-0.3, -0.25) is 0 Å². The van der Waals surface area contributed by atoms with Crippen molar-refractivity contribution in [2.45, 2.75) is 26.2 Å². The second kappa shape index (κ2) is 5.61. The van der Waals surface area contributed by atoms with Gasteiger partial charge in [-0.25, -0.2) is 15.0 Å². The maximum atomic E-state index is 6.15. The Labute approximate surface area is 141 Å². The lowest BCUT2D eigenvalue weighted by Gasteiger charge is -2.20. The quantitative estimate of drug-likeness (QED) is 0.694. The number of nitrogen functional groups attached to an aromatic ring is 1. The summed E-state index contributed by atoms with van der Waals surface area (Å²) in [5, 5.41) is 0.867. The van der Waals surface area contributed by atoms with E-state index in [0.29, 0.717) is 27.4 Å². The Balaban J connectivity index is 2.67. The highest BCUT2D eigenvalue weighted by molar-refractivity contribution is 14.1. The molecule has 0 amide bonds. The Morgan fingerprint density at radius 1 is 1.20 bits per heavy atom. The zero-order valence-electron chi connectivity index (χ0n) is 11.2. The molecule has 0 atom stereocenters. The molecule has 2 heterocycles. The molecule has 4 nitrogen and oxygen atoms in total. The summed E-state index contributed by atoms with van der Waals surface area (Å²) < 4.78 is 0.851. The van der Waals surface area contributed by atoms with Crippen LogP contribution in [-0.4, -0.2) is 15.0 Å². The molecule has 2 aromatic rings. The second-order valence-electron chi connectivity index (χ2n) is 5.33. The van der Waals surface area contributed by atoms with Gasteiger partial charge in [-0.05, 0) is 28.7 Å². The number of hydrogen-bond donors (Lipinski definition) is 1. The van der Waals surface area contributed by atoms with E-state index in [2.05, 4.69) is 58.3 Å². The lowest BCUT2D eigenvalue weighted by Crippen LogP contribution is -2.18. The van der Waals surface area contributed by atoms with Crippen molar-refractivity contribution in [3.8, 4) is 11.5 Å². The lowest BCUT2D eigenvalue weighted by atomic mass is 9.92. The topological polar surface area (TPSA) is 64.7 Å². The summed E-state index contributed by atoms with van der Waals surface area (Å²) in [5.74, 6) is 0.836. The molecule has 0 spiro atoms. The Kier molecular flexibility index (Phi) is 4.41. The first kappa shape index (κ1) is 15.7. The van der Waals surface area contributed by atoms with Crippen LogP contribution in [0.15, 0.2) is 12.3 Å². The van der Waals surface area contributed by atoms with Crippen LogP contribution in [0.25, 0.3) is 11.5 Å². The van der Waals surface area contributed by atoms with E-state index < -0.39 is 0 Å². The smallest absolute Gasteiger partial charge is 0.182 e. The zero-order chi connectivity index (χ0) is 15.1.